The van der Waals surface area contributed by atoms with Gasteiger partial charge in [0.1, 0.15) is 5.75 Å². The molecule has 0 N–H and O–H groups in total. The first kappa shape index (κ1) is 12.2. The van der Waals surface area contributed by atoms with Gasteiger partial charge in [-0.15, -0.1) is 0 Å². The van der Waals surface area contributed by atoms with Crippen LogP contribution in [0.1, 0.15) is 29.3 Å². The van der Waals surface area contributed by atoms with Crippen LogP contribution in [0, 0.1) is 6.92 Å². The van der Waals surface area contributed by atoms with Crippen LogP contribution < -0.4 is 4.74 Å². The van der Waals surface area contributed by atoms with Crippen LogP contribution in [0.25, 0.3) is 0 Å². The van der Waals surface area contributed by atoms with Crippen LogP contribution in [0.3, 0.4) is 0 Å². The molecule has 0 saturated carbocycles. The molecule has 0 aliphatic heterocycles. The van der Waals surface area contributed by atoms with Gasteiger partial charge in [-0.3, -0.25) is 4.79 Å². The number of hydrogen-bond acceptors (Lipinski definition) is 2. The van der Waals surface area contributed by atoms with Gasteiger partial charge < -0.3 is 4.74 Å². The summed E-state index contributed by atoms with van der Waals surface area (Å²) in [5, 5.41) is 0.699. The number of hydrogen-bond donors (Lipinski definition) is 0. The molecule has 3 heteroatoms. The Morgan fingerprint density at radius 2 is 2.20 bits per heavy atom. The number of alkyl halides is 1. The van der Waals surface area contributed by atoms with E-state index in [1.54, 1.807) is 0 Å². The van der Waals surface area contributed by atoms with Crippen molar-refractivity contribution in [2.75, 3.05) is 11.9 Å². The summed E-state index contributed by atoms with van der Waals surface area (Å²) >= 11 is 3.27. The van der Waals surface area contributed by atoms with Crippen LogP contribution in [-0.4, -0.2) is 17.7 Å². The highest BCUT2D eigenvalue weighted by Crippen LogP contribution is 2.22. The molecule has 1 aromatic carbocycles. The molecule has 15 heavy (non-hydrogen) atoms. The molecule has 0 spiro atoms. The second kappa shape index (κ2) is 5.91. The normalized spacial score (nSPS) is 10.1. The second-order valence-electron chi connectivity index (χ2n) is 3.22. The van der Waals surface area contributed by atoms with Crippen molar-refractivity contribution in [2.24, 2.45) is 0 Å². The Hall–Kier alpha value is -0.830. The summed E-state index contributed by atoms with van der Waals surface area (Å²) in [6.07, 6.45) is 0.524. The second-order valence-corrected chi connectivity index (χ2v) is 4.02. The Morgan fingerprint density at radius 3 is 2.80 bits per heavy atom. The van der Waals surface area contributed by atoms with E-state index in [0.717, 1.165) is 16.9 Å². The van der Waals surface area contributed by atoms with Gasteiger partial charge in [0.2, 0.25) is 0 Å². The van der Waals surface area contributed by atoms with Crippen LogP contribution in [0.5, 0.6) is 5.75 Å². The monoisotopic (exact) mass is 270 g/mol. The Labute approximate surface area is 98.8 Å². The maximum Gasteiger partial charge on any atom is 0.164 e. The fraction of sp³-hybridized carbons (Fsp3) is 0.417. The number of benzene rings is 1. The van der Waals surface area contributed by atoms with Crippen molar-refractivity contribution in [1.82, 2.24) is 0 Å². The highest BCUT2D eigenvalue weighted by Gasteiger charge is 2.11. The lowest BCUT2D eigenvalue weighted by molar-refractivity contribution is 0.0989. The molecule has 1 rings (SSSR count). The molecule has 0 aromatic heterocycles. The lowest BCUT2D eigenvalue weighted by Gasteiger charge is -2.10. The molecule has 0 aliphatic carbocycles. The first-order valence-corrected chi connectivity index (χ1v) is 6.14. The summed E-state index contributed by atoms with van der Waals surface area (Å²) in [6, 6.07) is 5.60. The van der Waals surface area contributed by atoms with Gasteiger partial charge in [0, 0.05) is 22.9 Å². The summed E-state index contributed by atoms with van der Waals surface area (Å²) in [5.41, 5.74) is 1.70. The molecule has 0 unspecified atom stereocenters. The van der Waals surface area contributed by atoms with Gasteiger partial charge in [-0.1, -0.05) is 28.1 Å². The zero-order valence-corrected chi connectivity index (χ0v) is 10.6. The molecule has 0 bridgehead atoms. The van der Waals surface area contributed by atoms with Gasteiger partial charge >= 0.3 is 0 Å². The Bertz CT molecular complexity index is 347. The molecular formula is C12H15BrO2. The number of halogens is 1. The predicted octanol–water partition coefficient (Wildman–Crippen LogP) is 3.36. The number of carbonyl (C=O) groups excluding carboxylic acids is 1. The smallest absolute Gasteiger partial charge is 0.164 e. The van der Waals surface area contributed by atoms with Crippen molar-refractivity contribution in [3.05, 3.63) is 29.3 Å². The highest BCUT2D eigenvalue weighted by molar-refractivity contribution is 9.09. The van der Waals surface area contributed by atoms with Crippen molar-refractivity contribution in [1.29, 1.82) is 0 Å². The van der Waals surface area contributed by atoms with Gasteiger partial charge in [-0.2, -0.15) is 0 Å². The lowest BCUT2D eigenvalue weighted by atomic mass is 10.0. The molecule has 0 radical (unpaired) electrons. The molecule has 1 aromatic rings. The topological polar surface area (TPSA) is 26.3 Å². The Kier molecular flexibility index (Phi) is 4.82. The van der Waals surface area contributed by atoms with Crippen LogP contribution >= 0.6 is 15.9 Å². The third kappa shape index (κ3) is 3.06. The van der Waals surface area contributed by atoms with E-state index in [0.29, 0.717) is 18.4 Å². The van der Waals surface area contributed by atoms with E-state index in [9.17, 15) is 4.79 Å². The van der Waals surface area contributed by atoms with Gasteiger partial charge in [-0.25, -0.2) is 0 Å². The summed E-state index contributed by atoms with van der Waals surface area (Å²) in [5.74, 6) is 0.962. The zero-order valence-electron chi connectivity index (χ0n) is 9.05. The number of Topliss-reactive ketones (excluding diaryl/α,β-unsaturated/α-hetero) is 1. The molecule has 0 saturated heterocycles. The third-order valence-corrected chi connectivity index (χ3v) is 2.60. The summed E-state index contributed by atoms with van der Waals surface area (Å²) in [6.45, 7) is 4.48. The van der Waals surface area contributed by atoms with Crippen molar-refractivity contribution in [2.45, 2.75) is 20.3 Å². The standard InChI is InChI=1S/C12H15BrO2/c1-3-15-12-6-4-5-10(9(12)2)11(14)7-8-13/h4-6H,3,7-8H2,1-2H3. The van der Waals surface area contributed by atoms with E-state index in [4.69, 9.17) is 4.74 Å². The van der Waals surface area contributed by atoms with Crippen molar-refractivity contribution >= 4 is 21.7 Å². The van der Waals surface area contributed by atoms with Gasteiger partial charge in [-0.05, 0) is 19.9 Å². The fourth-order valence-corrected chi connectivity index (χ4v) is 1.81. The highest BCUT2D eigenvalue weighted by atomic mass is 79.9. The van der Waals surface area contributed by atoms with E-state index in [2.05, 4.69) is 15.9 Å². The van der Waals surface area contributed by atoms with E-state index in [1.165, 1.54) is 0 Å². The maximum atomic E-state index is 11.7. The first-order valence-electron chi connectivity index (χ1n) is 5.02. The quantitative estimate of drug-likeness (QED) is 0.606. The van der Waals surface area contributed by atoms with Crippen molar-refractivity contribution in [3.63, 3.8) is 0 Å². The van der Waals surface area contributed by atoms with Gasteiger partial charge in [0.25, 0.3) is 0 Å². The molecule has 0 aliphatic rings. The largest absolute Gasteiger partial charge is 0.494 e. The summed E-state index contributed by atoms with van der Waals surface area (Å²) < 4.78 is 5.44. The summed E-state index contributed by atoms with van der Waals surface area (Å²) in [4.78, 5) is 11.7. The number of ether oxygens (including phenoxy) is 1. The minimum Gasteiger partial charge on any atom is -0.494 e. The maximum absolute atomic E-state index is 11.7. The molecule has 0 heterocycles. The first-order chi connectivity index (χ1) is 7.20. The van der Waals surface area contributed by atoms with Crippen LogP contribution in [0.4, 0.5) is 0 Å². The minimum atomic E-state index is 0.158. The van der Waals surface area contributed by atoms with E-state index < -0.39 is 0 Å². The van der Waals surface area contributed by atoms with E-state index in [-0.39, 0.29) is 5.78 Å². The van der Waals surface area contributed by atoms with Gasteiger partial charge in [0.05, 0.1) is 6.61 Å². The third-order valence-electron chi connectivity index (χ3n) is 2.21. The summed E-state index contributed by atoms with van der Waals surface area (Å²) in [7, 11) is 0. The molecule has 82 valence electrons. The number of ketones is 1. The molecule has 2 nitrogen and oxygen atoms in total. The van der Waals surface area contributed by atoms with Crippen LogP contribution in [0.2, 0.25) is 0 Å². The fourth-order valence-electron chi connectivity index (χ4n) is 1.45. The van der Waals surface area contributed by atoms with E-state index >= 15 is 0 Å². The zero-order chi connectivity index (χ0) is 11.3. The SMILES string of the molecule is CCOc1cccc(C(=O)CCBr)c1C. The van der Waals surface area contributed by atoms with Crippen LogP contribution in [-0.2, 0) is 0 Å². The van der Waals surface area contributed by atoms with Crippen molar-refractivity contribution in [3.8, 4) is 5.75 Å². The average molecular weight is 271 g/mol. The molecular weight excluding hydrogens is 256 g/mol. The van der Waals surface area contributed by atoms with Crippen LogP contribution in [0.15, 0.2) is 18.2 Å². The molecule has 0 amide bonds. The lowest BCUT2D eigenvalue weighted by Crippen LogP contribution is -2.04. The molecule has 0 fully saturated rings. The number of rotatable bonds is 5. The van der Waals surface area contributed by atoms with E-state index in [1.807, 2.05) is 32.0 Å². The Morgan fingerprint density at radius 1 is 1.47 bits per heavy atom. The number of carbonyl (C=O) groups is 1. The average Bonchev–Trinajstić information content (AvgIpc) is 2.22. The predicted molar refractivity (Wildman–Crippen MR) is 65.1 cm³/mol. The Balaban J connectivity index is 2.98. The minimum absolute atomic E-state index is 0.158. The van der Waals surface area contributed by atoms with Crippen molar-refractivity contribution < 1.29 is 9.53 Å². The molecule has 0 atom stereocenters. The van der Waals surface area contributed by atoms with Gasteiger partial charge in [0.15, 0.2) is 5.78 Å².